The average molecular weight is 271 g/mol. The number of primary amides is 1. The number of amides is 2. The number of hydrogen-bond acceptors (Lipinski definition) is 4. The summed E-state index contributed by atoms with van der Waals surface area (Å²) in [5.41, 5.74) is 4.63. The number of carbonyl (C=O) groups excluding carboxylic acids is 2. The summed E-state index contributed by atoms with van der Waals surface area (Å²) in [7, 11) is 0. The molecule has 1 saturated heterocycles. The summed E-state index contributed by atoms with van der Waals surface area (Å²) in [6, 6.07) is 0.345. The van der Waals surface area contributed by atoms with E-state index in [-0.39, 0.29) is 12.0 Å². The molecule has 0 radical (unpaired) electrons. The van der Waals surface area contributed by atoms with Gasteiger partial charge in [0.2, 0.25) is 5.91 Å². The molecule has 0 bridgehead atoms. The summed E-state index contributed by atoms with van der Waals surface area (Å²) in [5, 5.41) is 3.28. The largest absolute Gasteiger partial charge is 0.444 e. The van der Waals surface area contributed by atoms with Gasteiger partial charge in [-0.3, -0.25) is 4.79 Å². The molecule has 1 aliphatic heterocycles. The Morgan fingerprint density at radius 1 is 1.32 bits per heavy atom. The first-order chi connectivity index (χ1) is 8.78. The van der Waals surface area contributed by atoms with E-state index in [0.717, 1.165) is 12.8 Å². The van der Waals surface area contributed by atoms with Crippen LogP contribution in [-0.2, 0) is 9.53 Å². The molecule has 0 aromatic heterocycles. The maximum absolute atomic E-state index is 11.8. The summed E-state index contributed by atoms with van der Waals surface area (Å²) in [6.45, 7) is 7.56. The van der Waals surface area contributed by atoms with Crippen LogP contribution in [0.3, 0.4) is 0 Å². The van der Waals surface area contributed by atoms with Crippen molar-refractivity contribution in [1.82, 2.24) is 10.2 Å². The summed E-state index contributed by atoms with van der Waals surface area (Å²) >= 11 is 0. The molecule has 2 amide bonds. The number of likely N-dealkylation sites (tertiary alicyclic amines) is 1. The Bertz CT molecular complexity index is 318. The van der Waals surface area contributed by atoms with Crippen molar-refractivity contribution in [2.75, 3.05) is 19.6 Å². The minimum Gasteiger partial charge on any atom is -0.444 e. The van der Waals surface area contributed by atoms with Gasteiger partial charge in [0, 0.05) is 32.1 Å². The summed E-state index contributed by atoms with van der Waals surface area (Å²) in [5.74, 6) is -0.293. The van der Waals surface area contributed by atoms with Gasteiger partial charge < -0.3 is 20.7 Å². The highest BCUT2D eigenvalue weighted by Gasteiger charge is 2.26. The van der Waals surface area contributed by atoms with Crippen LogP contribution < -0.4 is 11.1 Å². The Kier molecular flexibility index (Phi) is 5.60. The van der Waals surface area contributed by atoms with Gasteiger partial charge in [-0.15, -0.1) is 0 Å². The van der Waals surface area contributed by atoms with Gasteiger partial charge in [0.05, 0.1) is 0 Å². The zero-order chi connectivity index (χ0) is 14.5. The lowest BCUT2D eigenvalue weighted by Crippen LogP contribution is -2.46. The number of nitrogens with zero attached hydrogens (tertiary/aromatic N) is 1. The third kappa shape index (κ3) is 6.42. The van der Waals surface area contributed by atoms with E-state index in [9.17, 15) is 9.59 Å². The molecule has 110 valence electrons. The molecule has 0 spiro atoms. The minimum absolute atomic E-state index is 0.247. The number of ether oxygens (including phenoxy) is 1. The van der Waals surface area contributed by atoms with E-state index >= 15 is 0 Å². The number of nitrogens with one attached hydrogen (secondary N) is 1. The second-order valence-corrected chi connectivity index (χ2v) is 5.91. The first-order valence-corrected chi connectivity index (χ1v) is 6.77. The minimum atomic E-state index is -0.451. The van der Waals surface area contributed by atoms with E-state index in [1.807, 2.05) is 20.8 Å². The van der Waals surface area contributed by atoms with Gasteiger partial charge in [-0.25, -0.2) is 4.79 Å². The van der Waals surface area contributed by atoms with Gasteiger partial charge in [0.25, 0.3) is 0 Å². The van der Waals surface area contributed by atoms with Crippen LogP contribution in [-0.4, -0.2) is 48.2 Å². The Balaban J connectivity index is 2.25. The number of nitrogens with two attached hydrogens (primary N) is 1. The third-order valence-electron chi connectivity index (χ3n) is 2.95. The zero-order valence-electron chi connectivity index (χ0n) is 12.1. The van der Waals surface area contributed by atoms with Gasteiger partial charge in [0.1, 0.15) is 5.60 Å². The second-order valence-electron chi connectivity index (χ2n) is 5.91. The van der Waals surface area contributed by atoms with Crippen LogP contribution in [0.15, 0.2) is 0 Å². The predicted molar refractivity (Wildman–Crippen MR) is 72.6 cm³/mol. The first kappa shape index (κ1) is 15.8. The van der Waals surface area contributed by atoms with Crippen molar-refractivity contribution in [2.45, 2.75) is 51.7 Å². The van der Waals surface area contributed by atoms with E-state index < -0.39 is 5.60 Å². The predicted octanol–water partition coefficient (Wildman–Crippen LogP) is 0.851. The average Bonchev–Trinajstić information content (AvgIpc) is 2.27. The molecular weight excluding hydrogens is 246 g/mol. The number of rotatable bonds is 4. The third-order valence-corrected chi connectivity index (χ3v) is 2.95. The quantitative estimate of drug-likeness (QED) is 0.794. The Labute approximate surface area is 114 Å². The molecule has 0 atom stereocenters. The standard InChI is InChI=1S/C13H25N3O3/c1-13(2,3)19-12(18)16-8-5-10(6-9-16)15-7-4-11(14)17/h10,15H,4-9H2,1-3H3,(H2,14,17). The van der Waals surface area contributed by atoms with Gasteiger partial charge >= 0.3 is 6.09 Å². The Hall–Kier alpha value is -1.30. The normalized spacial score (nSPS) is 17.3. The van der Waals surface area contributed by atoms with Crippen molar-refractivity contribution in [1.29, 1.82) is 0 Å². The van der Waals surface area contributed by atoms with E-state index in [0.29, 0.717) is 32.1 Å². The van der Waals surface area contributed by atoms with Gasteiger partial charge in [0.15, 0.2) is 0 Å². The first-order valence-electron chi connectivity index (χ1n) is 6.77. The van der Waals surface area contributed by atoms with Crippen LogP contribution >= 0.6 is 0 Å². The maximum atomic E-state index is 11.8. The smallest absolute Gasteiger partial charge is 0.410 e. The maximum Gasteiger partial charge on any atom is 0.410 e. The molecule has 1 rings (SSSR count). The molecular formula is C13H25N3O3. The SMILES string of the molecule is CC(C)(C)OC(=O)N1CCC(NCCC(N)=O)CC1. The summed E-state index contributed by atoms with van der Waals surface area (Å²) < 4.78 is 5.33. The Morgan fingerprint density at radius 2 is 1.89 bits per heavy atom. The molecule has 0 aromatic carbocycles. The molecule has 0 saturated carbocycles. The van der Waals surface area contributed by atoms with E-state index in [4.69, 9.17) is 10.5 Å². The van der Waals surface area contributed by atoms with E-state index in [2.05, 4.69) is 5.32 Å². The molecule has 0 unspecified atom stereocenters. The van der Waals surface area contributed by atoms with Gasteiger partial charge in [-0.05, 0) is 33.6 Å². The van der Waals surface area contributed by atoms with Crippen molar-refractivity contribution in [3.05, 3.63) is 0 Å². The highest BCUT2D eigenvalue weighted by molar-refractivity contribution is 5.73. The van der Waals surface area contributed by atoms with Crippen molar-refractivity contribution in [3.8, 4) is 0 Å². The van der Waals surface area contributed by atoms with Crippen LogP contribution in [0.4, 0.5) is 4.79 Å². The molecule has 6 heteroatoms. The highest BCUT2D eigenvalue weighted by atomic mass is 16.6. The fourth-order valence-corrected chi connectivity index (χ4v) is 1.99. The Morgan fingerprint density at radius 3 is 2.37 bits per heavy atom. The van der Waals surface area contributed by atoms with Gasteiger partial charge in [-0.1, -0.05) is 0 Å². The number of carbonyl (C=O) groups is 2. The molecule has 1 fully saturated rings. The topological polar surface area (TPSA) is 84.7 Å². The molecule has 6 nitrogen and oxygen atoms in total. The highest BCUT2D eigenvalue weighted by Crippen LogP contribution is 2.15. The number of hydrogen-bond donors (Lipinski definition) is 2. The van der Waals surface area contributed by atoms with E-state index in [1.165, 1.54) is 0 Å². The molecule has 0 aliphatic carbocycles. The molecule has 1 aliphatic rings. The summed E-state index contributed by atoms with van der Waals surface area (Å²) in [4.78, 5) is 24.2. The van der Waals surface area contributed by atoms with Gasteiger partial charge in [-0.2, -0.15) is 0 Å². The fourth-order valence-electron chi connectivity index (χ4n) is 1.99. The number of piperidine rings is 1. The molecule has 19 heavy (non-hydrogen) atoms. The summed E-state index contributed by atoms with van der Waals surface area (Å²) in [6.07, 6.45) is 1.85. The van der Waals surface area contributed by atoms with Crippen LogP contribution in [0.2, 0.25) is 0 Å². The molecule has 3 N–H and O–H groups in total. The zero-order valence-corrected chi connectivity index (χ0v) is 12.1. The lowest BCUT2D eigenvalue weighted by molar-refractivity contribution is -0.117. The van der Waals surface area contributed by atoms with E-state index in [1.54, 1.807) is 4.90 Å². The van der Waals surface area contributed by atoms with Crippen LogP contribution in [0.25, 0.3) is 0 Å². The lowest BCUT2D eigenvalue weighted by atomic mass is 10.1. The molecule has 0 aromatic rings. The van der Waals surface area contributed by atoms with Crippen molar-refractivity contribution >= 4 is 12.0 Å². The van der Waals surface area contributed by atoms with Crippen LogP contribution in [0, 0.1) is 0 Å². The second kappa shape index (κ2) is 6.75. The van der Waals surface area contributed by atoms with Crippen LogP contribution in [0.1, 0.15) is 40.0 Å². The van der Waals surface area contributed by atoms with Crippen LogP contribution in [0.5, 0.6) is 0 Å². The monoisotopic (exact) mass is 271 g/mol. The van der Waals surface area contributed by atoms with Crippen molar-refractivity contribution in [2.24, 2.45) is 5.73 Å². The lowest BCUT2D eigenvalue weighted by Gasteiger charge is -2.33. The van der Waals surface area contributed by atoms with Crippen molar-refractivity contribution < 1.29 is 14.3 Å². The fraction of sp³-hybridized carbons (Fsp3) is 0.846. The molecule has 1 heterocycles. The van der Waals surface area contributed by atoms with Crippen molar-refractivity contribution in [3.63, 3.8) is 0 Å².